The summed E-state index contributed by atoms with van der Waals surface area (Å²) in [4.78, 5) is 21.3. The fourth-order valence-corrected chi connectivity index (χ4v) is 0.571. The minimum atomic E-state index is -0.661. The quantitative estimate of drug-likeness (QED) is 0.669. The molecule has 0 saturated heterocycles. The van der Waals surface area contributed by atoms with Crippen molar-refractivity contribution in [3.05, 3.63) is 0 Å². The molecule has 0 bridgehead atoms. The Balaban J connectivity index is 3.49. The Hall–Kier alpha value is -1.06. The van der Waals surface area contributed by atoms with Gasteiger partial charge < -0.3 is 4.74 Å². The van der Waals surface area contributed by atoms with Gasteiger partial charge in [0.1, 0.15) is 0 Å². The molecule has 0 heterocycles. The van der Waals surface area contributed by atoms with Gasteiger partial charge in [-0.3, -0.25) is 10.1 Å². The van der Waals surface area contributed by atoms with E-state index in [1.165, 1.54) is 0 Å². The molecule has 0 aliphatic carbocycles. The van der Waals surface area contributed by atoms with Gasteiger partial charge in [0.05, 0.1) is 6.61 Å². The predicted octanol–water partition coefficient (Wildman–Crippen LogP) is 1.06. The van der Waals surface area contributed by atoms with Crippen LogP contribution in [0.1, 0.15) is 26.7 Å². The van der Waals surface area contributed by atoms with Crippen LogP contribution in [0.2, 0.25) is 0 Å². The number of carbonyl (C=O) groups is 2. The zero-order valence-corrected chi connectivity index (χ0v) is 6.85. The lowest BCUT2D eigenvalue weighted by atomic mass is 10.3. The molecule has 4 nitrogen and oxygen atoms in total. The Kier molecular flexibility index (Phi) is 5.15. The van der Waals surface area contributed by atoms with E-state index in [9.17, 15) is 9.59 Å². The second-order valence-corrected chi connectivity index (χ2v) is 2.02. The monoisotopic (exact) mass is 159 g/mol. The molecule has 0 atom stereocenters. The molecule has 0 aromatic heterocycles. The summed E-state index contributed by atoms with van der Waals surface area (Å²) in [6.07, 6.45) is 0.426. The van der Waals surface area contributed by atoms with Crippen molar-refractivity contribution in [2.45, 2.75) is 26.7 Å². The largest absolute Gasteiger partial charge is 0.450 e. The third kappa shape index (κ3) is 5.39. The number of hydrogen-bond acceptors (Lipinski definition) is 3. The summed E-state index contributed by atoms with van der Waals surface area (Å²) in [6.45, 7) is 3.83. The predicted molar refractivity (Wildman–Crippen MR) is 40.1 cm³/mol. The van der Waals surface area contributed by atoms with Gasteiger partial charge in [-0.2, -0.15) is 0 Å². The Morgan fingerprint density at radius 3 is 2.45 bits per heavy atom. The van der Waals surface area contributed by atoms with Crippen LogP contribution in [0.15, 0.2) is 0 Å². The topological polar surface area (TPSA) is 55.4 Å². The van der Waals surface area contributed by atoms with E-state index < -0.39 is 6.09 Å². The fourth-order valence-electron chi connectivity index (χ4n) is 0.571. The van der Waals surface area contributed by atoms with Gasteiger partial charge in [0.2, 0.25) is 5.91 Å². The van der Waals surface area contributed by atoms with Crippen molar-refractivity contribution in [2.75, 3.05) is 6.61 Å². The van der Waals surface area contributed by atoms with Crippen molar-refractivity contribution in [1.82, 2.24) is 5.32 Å². The van der Waals surface area contributed by atoms with Crippen LogP contribution < -0.4 is 5.32 Å². The molecular weight excluding hydrogens is 146 g/mol. The number of hydrogen-bond donors (Lipinski definition) is 1. The Morgan fingerprint density at radius 1 is 1.36 bits per heavy atom. The molecule has 0 unspecified atom stereocenters. The molecule has 0 saturated carbocycles. The van der Waals surface area contributed by atoms with Gasteiger partial charge in [-0.25, -0.2) is 4.79 Å². The van der Waals surface area contributed by atoms with Gasteiger partial charge in [-0.1, -0.05) is 6.92 Å². The summed E-state index contributed by atoms with van der Waals surface area (Å²) in [6, 6.07) is 0. The van der Waals surface area contributed by atoms with E-state index in [1.54, 1.807) is 6.92 Å². The Bertz CT molecular complexity index is 129. The first-order valence-electron chi connectivity index (χ1n) is 3.67. The summed E-state index contributed by atoms with van der Waals surface area (Å²) in [5.41, 5.74) is 0. The van der Waals surface area contributed by atoms with E-state index in [4.69, 9.17) is 0 Å². The highest BCUT2D eigenvalue weighted by molar-refractivity contribution is 5.91. The first-order chi connectivity index (χ1) is 5.20. The van der Waals surface area contributed by atoms with Crippen molar-refractivity contribution in [1.29, 1.82) is 0 Å². The van der Waals surface area contributed by atoms with Crippen molar-refractivity contribution in [2.24, 2.45) is 0 Å². The first kappa shape index (κ1) is 9.94. The minimum absolute atomic E-state index is 0.283. The van der Waals surface area contributed by atoms with Crippen molar-refractivity contribution < 1.29 is 14.3 Å². The van der Waals surface area contributed by atoms with Gasteiger partial charge in [0.15, 0.2) is 0 Å². The van der Waals surface area contributed by atoms with Gasteiger partial charge in [0.25, 0.3) is 0 Å². The molecule has 0 aromatic rings. The number of amides is 2. The molecule has 11 heavy (non-hydrogen) atoms. The van der Waals surface area contributed by atoms with Crippen LogP contribution in [0.25, 0.3) is 0 Å². The van der Waals surface area contributed by atoms with Crippen LogP contribution in [0.5, 0.6) is 0 Å². The molecule has 0 aliphatic rings. The molecule has 0 fully saturated rings. The molecule has 2 amide bonds. The summed E-state index contributed by atoms with van der Waals surface area (Å²) < 4.78 is 4.49. The minimum Gasteiger partial charge on any atom is -0.450 e. The fraction of sp³-hybridized carbons (Fsp3) is 0.714. The van der Waals surface area contributed by atoms with Crippen molar-refractivity contribution in [3.8, 4) is 0 Å². The number of carbonyl (C=O) groups excluding carboxylic acids is 2. The zero-order valence-electron chi connectivity index (χ0n) is 6.85. The standard InChI is InChI=1S/C7H13NO3/c1-3-5-6(9)8-7(10)11-4-2/h3-5H2,1-2H3,(H,8,9,10). The SMILES string of the molecule is CCCC(=O)NC(=O)OCC. The summed E-state index contributed by atoms with van der Waals surface area (Å²) in [5.74, 6) is -0.286. The second kappa shape index (κ2) is 5.70. The van der Waals surface area contributed by atoms with Crippen LogP contribution in [0.3, 0.4) is 0 Å². The molecule has 0 aliphatic heterocycles. The van der Waals surface area contributed by atoms with Gasteiger partial charge in [0, 0.05) is 6.42 Å². The van der Waals surface area contributed by atoms with Crippen LogP contribution in [-0.2, 0) is 9.53 Å². The molecule has 1 N–H and O–H groups in total. The second-order valence-electron chi connectivity index (χ2n) is 2.02. The maximum absolute atomic E-state index is 10.7. The molecule has 0 rings (SSSR count). The lowest BCUT2D eigenvalue weighted by Crippen LogP contribution is -2.30. The van der Waals surface area contributed by atoms with Crippen molar-refractivity contribution in [3.63, 3.8) is 0 Å². The van der Waals surface area contributed by atoms with Crippen LogP contribution >= 0.6 is 0 Å². The number of imide groups is 1. The number of rotatable bonds is 3. The Morgan fingerprint density at radius 2 is 2.00 bits per heavy atom. The molecule has 0 spiro atoms. The maximum atomic E-state index is 10.7. The highest BCUT2D eigenvalue weighted by Crippen LogP contribution is 1.86. The van der Waals surface area contributed by atoms with Crippen LogP contribution in [0, 0.1) is 0 Å². The maximum Gasteiger partial charge on any atom is 0.413 e. The van der Waals surface area contributed by atoms with E-state index in [2.05, 4.69) is 10.1 Å². The number of ether oxygens (including phenoxy) is 1. The highest BCUT2D eigenvalue weighted by Gasteiger charge is 2.05. The van der Waals surface area contributed by atoms with Crippen LogP contribution in [0.4, 0.5) is 4.79 Å². The third-order valence-electron chi connectivity index (χ3n) is 0.994. The highest BCUT2D eigenvalue weighted by atomic mass is 16.5. The lowest BCUT2D eigenvalue weighted by Gasteiger charge is -2.01. The number of nitrogens with one attached hydrogen (secondary N) is 1. The summed E-state index contributed by atoms with van der Waals surface area (Å²) in [7, 11) is 0. The van der Waals surface area contributed by atoms with Gasteiger partial charge >= 0.3 is 6.09 Å². The average molecular weight is 159 g/mol. The number of alkyl carbamates (subject to hydrolysis) is 1. The lowest BCUT2D eigenvalue weighted by molar-refractivity contribution is -0.120. The van der Waals surface area contributed by atoms with Gasteiger partial charge in [-0.05, 0) is 13.3 Å². The van der Waals surface area contributed by atoms with E-state index in [0.717, 1.165) is 6.42 Å². The molecule has 0 aromatic carbocycles. The van der Waals surface area contributed by atoms with E-state index in [-0.39, 0.29) is 12.5 Å². The first-order valence-corrected chi connectivity index (χ1v) is 3.67. The molecular formula is C7H13NO3. The normalized spacial score (nSPS) is 8.91. The zero-order chi connectivity index (χ0) is 8.69. The van der Waals surface area contributed by atoms with E-state index >= 15 is 0 Å². The van der Waals surface area contributed by atoms with E-state index in [0.29, 0.717) is 6.42 Å². The van der Waals surface area contributed by atoms with Crippen LogP contribution in [-0.4, -0.2) is 18.6 Å². The van der Waals surface area contributed by atoms with Crippen molar-refractivity contribution >= 4 is 12.0 Å². The Labute approximate surface area is 65.9 Å². The van der Waals surface area contributed by atoms with E-state index in [1.807, 2.05) is 6.92 Å². The summed E-state index contributed by atoms with van der Waals surface area (Å²) in [5, 5.41) is 2.08. The smallest absolute Gasteiger partial charge is 0.413 e. The molecule has 64 valence electrons. The molecule has 4 heteroatoms. The summed E-state index contributed by atoms with van der Waals surface area (Å²) >= 11 is 0. The average Bonchev–Trinajstić information content (AvgIpc) is 1.87. The third-order valence-corrected chi connectivity index (χ3v) is 0.994. The van der Waals surface area contributed by atoms with Gasteiger partial charge in [-0.15, -0.1) is 0 Å². The molecule has 0 radical (unpaired) electrons.